The molecule has 0 aliphatic rings. The van der Waals surface area contributed by atoms with Crippen molar-refractivity contribution in [2.45, 2.75) is 130 Å². The van der Waals surface area contributed by atoms with Crippen molar-refractivity contribution in [1.82, 2.24) is 4.72 Å². The van der Waals surface area contributed by atoms with Crippen molar-refractivity contribution in [2.24, 2.45) is 11.8 Å². The fourth-order valence-corrected chi connectivity index (χ4v) is 10.9. The Kier molecular flexibility index (Phi) is 14.1. The fraction of sp³-hybridized carbons (Fsp3) is 0.639. The van der Waals surface area contributed by atoms with E-state index in [9.17, 15) is 13.2 Å². The first-order valence-electron chi connectivity index (χ1n) is 16.4. The maximum Gasteiger partial charge on any atom is 0.310 e. The second-order valence-corrected chi connectivity index (χ2v) is 18.9. The monoisotopic (exact) mass is 663 g/mol. The van der Waals surface area contributed by atoms with Gasteiger partial charge in [0.25, 0.3) is 0 Å². The van der Waals surface area contributed by atoms with Crippen LogP contribution in [0.3, 0.4) is 0 Å². The third-order valence-electron chi connectivity index (χ3n) is 7.70. The summed E-state index contributed by atoms with van der Waals surface area (Å²) in [4.78, 5) is 13.8. The van der Waals surface area contributed by atoms with Crippen molar-refractivity contribution >= 4 is 23.4 Å². The highest BCUT2D eigenvalue weighted by atomic mass is 32.2. The minimum atomic E-state index is -4.16. The molecule has 0 aliphatic carbocycles. The van der Waals surface area contributed by atoms with Crippen LogP contribution >= 0.6 is 7.37 Å². The van der Waals surface area contributed by atoms with Crippen LogP contribution in [0.1, 0.15) is 130 Å². The molecule has 0 aromatic heterocycles. The molecule has 3 atom stereocenters. The van der Waals surface area contributed by atoms with Gasteiger partial charge in [-0.05, 0) is 86.5 Å². The second-order valence-electron chi connectivity index (χ2n) is 14.5. The number of carbonyl (C=O) groups is 1. The number of rotatable bonds is 16. The van der Waals surface area contributed by atoms with Crippen molar-refractivity contribution < 1.29 is 27.0 Å². The zero-order valence-electron chi connectivity index (χ0n) is 29.6. The van der Waals surface area contributed by atoms with Crippen LogP contribution in [-0.2, 0) is 35.1 Å². The van der Waals surface area contributed by atoms with E-state index in [0.717, 1.165) is 22.3 Å². The van der Waals surface area contributed by atoms with E-state index in [1.54, 1.807) is 27.7 Å². The molecule has 0 spiro atoms. The summed E-state index contributed by atoms with van der Waals surface area (Å²) >= 11 is 0. The van der Waals surface area contributed by atoms with Crippen LogP contribution in [0.25, 0.3) is 0 Å². The number of benzene rings is 2. The maximum atomic E-state index is 15.1. The lowest BCUT2D eigenvalue weighted by Gasteiger charge is -2.33. The van der Waals surface area contributed by atoms with Crippen LogP contribution in [0, 0.1) is 11.8 Å². The Hall–Kier alpha value is -1.99. The van der Waals surface area contributed by atoms with E-state index in [-0.39, 0.29) is 47.8 Å². The Balaban J connectivity index is 2.71. The zero-order valence-corrected chi connectivity index (χ0v) is 31.3. The average Bonchev–Trinajstić information content (AvgIpc) is 2.90. The molecular weight excluding hydrogens is 605 g/mol. The van der Waals surface area contributed by atoms with E-state index in [4.69, 9.17) is 9.26 Å². The van der Waals surface area contributed by atoms with Crippen molar-refractivity contribution in [3.8, 4) is 0 Å². The summed E-state index contributed by atoms with van der Waals surface area (Å²) in [5, 5.41) is 0. The van der Waals surface area contributed by atoms with Crippen LogP contribution in [0.2, 0.25) is 0 Å². The molecule has 0 heterocycles. The topological polar surface area (TPSA) is 98.8 Å². The number of esters is 1. The van der Waals surface area contributed by atoms with Crippen molar-refractivity contribution in [3.63, 3.8) is 0 Å². The summed E-state index contributed by atoms with van der Waals surface area (Å²) in [6.45, 7) is 23.3. The summed E-state index contributed by atoms with van der Waals surface area (Å²) in [5.41, 5.74) is 2.71. The lowest BCUT2D eigenvalue weighted by Crippen LogP contribution is -2.40. The molecule has 0 bridgehead atoms. The quantitative estimate of drug-likeness (QED) is 0.142. The number of hydrogen-bond acceptors (Lipinski definition) is 6. The van der Waals surface area contributed by atoms with Crippen LogP contribution in [0.5, 0.6) is 0 Å². The first kappa shape index (κ1) is 39.2. The molecule has 0 radical (unpaired) electrons. The van der Waals surface area contributed by atoms with E-state index < -0.39 is 40.7 Å². The SMILES string of the molecule is CCOP(=O)(C[C@@H](Cc1ccccc1)C(=O)OC(C)(C)C)[C@H](CC(C)C)NS(=O)(=O)c1c(C(C)C)cc(C(C)C)cc1C(C)C. The highest BCUT2D eigenvalue weighted by Crippen LogP contribution is 2.55. The lowest BCUT2D eigenvalue weighted by molar-refractivity contribution is -0.159. The van der Waals surface area contributed by atoms with Crippen molar-refractivity contribution in [1.29, 1.82) is 0 Å². The van der Waals surface area contributed by atoms with Crippen LogP contribution < -0.4 is 4.72 Å². The Morgan fingerprint density at radius 3 is 1.84 bits per heavy atom. The molecule has 1 N–H and O–H groups in total. The third-order valence-corrected chi connectivity index (χ3v) is 12.4. The van der Waals surface area contributed by atoms with E-state index in [1.165, 1.54) is 0 Å². The van der Waals surface area contributed by atoms with Gasteiger partial charge in [0.1, 0.15) is 5.60 Å². The largest absolute Gasteiger partial charge is 0.460 e. The predicted molar refractivity (Wildman–Crippen MR) is 186 cm³/mol. The molecule has 0 saturated carbocycles. The molecule has 0 fully saturated rings. The molecule has 45 heavy (non-hydrogen) atoms. The van der Waals surface area contributed by atoms with Gasteiger partial charge >= 0.3 is 5.97 Å². The standard InChI is InChI=1S/C36H58NO6PS/c1-13-42-44(39,23-30(35(38)43-36(10,11)12)20-28-17-15-14-16-18-28)33(19-24(2)3)37-45(40,41)34-31(26(6)7)21-29(25(4)5)22-32(34)27(8)9/h14-18,21-22,24-27,30,33,37H,13,19-20,23H2,1-12H3/t30-,33-,44?/m1/s1. The molecule has 9 heteroatoms. The molecule has 2 aromatic carbocycles. The van der Waals surface area contributed by atoms with Gasteiger partial charge in [-0.1, -0.05) is 97.9 Å². The van der Waals surface area contributed by atoms with Gasteiger partial charge in [-0.2, -0.15) is 4.72 Å². The number of hydrogen-bond donors (Lipinski definition) is 1. The summed E-state index contributed by atoms with van der Waals surface area (Å²) in [7, 11) is -7.97. The Morgan fingerprint density at radius 2 is 1.42 bits per heavy atom. The number of ether oxygens (including phenoxy) is 1. The Bertz CT molecular complexity index is 1380. The van der Waals surface area contributed by atoms with Crippen LogP contribution in [0.4, 0.5) is 0 Å². The number of sulfonamides is 1. The van der Waals surface area contributed by atoms with E-state index in [2.05, 4.69) is 18.6 Å². The molecule has 0 aliphatic heterocycles. The summed E-state index contributed by atoms with van der Waals surface area (Å²) in [6, 6.07) is 13.5. The molecule has 1 unspecified atom stereocenters. The van der Waals surface area contributed by atoms with Gasteiger partial charge in [0.2, 0.25) is 17.4 Å². The number of carbonyl (C=O) groups excluding carboxylic acids is 1. The minimum absolute atomic E-state index is 0.00182. The molecule has 2 rings (SSSR count). The smallest absolute Gasteiger partial charge is 0.310 e. The lowest BCUT2D eigenvalue weighted by atomic mass is 9.89. The van der Waals surface area contributed by atoms with Crippen molar-refractivity contribution in [2.75, 3.05) is 12.8 Å². The molecular formula is C36H58NO6PS. The summed E-state index contributed by atoms with van der Waals surface area (Å²) in [6.07, 6.45) is 0.422. The van der Waals surface area contributed by atoms with Crippen LogP contribution in [0.15, 0.2) is 47.4 Å². The summed E-state index contributed by atoms with van der Waals surface area (Å²) < 4.78 is 58.8. The van der Waals surface area contributed by atoms with Gasteiger partial charge in [-0.3, -0.25) is 9.36 Å². The van der Waals surface area contributed by atoms with E-state index >= 15 is 4.57 Å². The third kappa shape index (κ3) is 11.3. The first-order valence-corrected chi connectivity index (χ1v) is 19.8. The molecule has 7 nitrogen and oxygen atoms in total. The number of nitrogens with one attached hydrogen (secondary N) is 1. The van der Waals surface area contributed by atoms with Gasteiger partial charge in [0.05, 0.1) is 23.2 Å². The maximum absolute atomic E-state index is 15.1. The Morgan fingerprint density at radius 1 is 0.889 bits per heavy atom. The Labute approximate surface area is 273 Å². The minimum Gasteiger partial charge on any atom is -0.460 e. The normalized spacial score (nSPS) is 15.5. The van der Waals surface area contributed by atoms with Gasteiger partial charge < -0.3 is 9.26 Å². The van der Waals surface area contributed by atoms with Crippen LogP contribution in [-0.4, -0.2) is 38.5 Å². The fourth-order valence-electron chi connectivity index (χ4n) is 5.48. The average molecular weight is 664 g/mol. The first-order chi connectivity index (χ1) is 20.7. The van der Waals surface area contributed by atoms with E-state index in [0.29, 0.717) is 6.42 Å². The van der Waals surface area contributed by atoms with Gasteiger partial charge in [0, 0.05) is 6.16 Å². The predicted octanol–water partition coefficient (Wildman–Crippen LogP) is 9.22. The highest BCUT2D eigenvalue weighted by molar-refractivity contribution is 7.90. The zero-order chi connectivity index (χ0) is 34.3. The molecule has 254 valence electrons. The summed E-state index contributed by atoms with van der Waals surface area (Å²) in [5.74, 6) is -2.20. The van der Waals surface area contributed by atoms with Gasteiger partial charge in [0.15, 0.2) is 0 Å². The molecule has 2 aromatic rings. The molecule has 0 saturated heterocycles. The van der Waals surface area contributed by atoms with Gasteiger partial charge in [-0.25, -0.2) is 8.42 Å². The van der Waals surface area contributed by atoms with Gasteiger partial charge in [-0.15, -0.1) is 0 Å². The van der Waals surface area contributed by atoms with Crippen molar-refractivity contribution in [3.05, 3.63) is 64.7 Å². The van der Waals surface area contributed by atoms with E-state index in [1.807, 2.05) is 84.0 Å². The highest BCUT2D eigenvalue weighted by Gasteiger charge is 2.43. The second kappa shape index (κ2) is 16.2. The molecule has 0 amide bonds.